The van der Waals surface area contributed by atoms with Crippen LogP contribution < -0.4 is 5.73 Å². The zero-order valence-corrected chi connectivity index (χ0v) is 10.8. The van der Waals surface area contributed by atoms with Crippen molar-refractivity contribution in [2.75, 3.05) is 19.8 Å². The maximum atomic E-state index is 6.36. The third-order valence-electron chi connectivity index (χ3n) is 4.18. The van der Waals surface area contributed by atoms with Gasteiger partial charge in [-0.05, 0) is 24.8 Å². The van der Waals surface area contributed by atoms with Gasteiger partial charge in [-0.3, -0.25) is 4.68 Å². The summed E-state index contributed by atoms with van der Waals surface area (Å²) in [5.41, 5.74) is 7.27. The van der Waals surface area contributed by atoms with Gasteiger partial charge >= 0.3 is 0 Å². The Morgan fingerprint density at radius 3 is 3.11 bits per heavy atom. The summed E-state index contributed by atoms with van der Waals surface area (Å²) in [7, 11) is 1.92. The van der Waals surface area contributed by atoms with Crippen LogP contribution in [0.15, 0.2) is 12.3 Å². The molecule has 3 rings (SSSR count). The lowest BCUT2D eigenvalue weighted by Gasteiger charge is -2.39. The number of rotatable bonds is 2. The molecular formula is C13H21N3O2. The molecule has 3 unspecified atom stereocenters. The fourth-order valence-corrected chi connectivity index (χ4v) is 3.09. The van der Waals surface area contributed by atoms with Gasteiger partial charge in [-0.25, -0.2) is 0 Å². The van der Waals surface area contributed by atoms with Gasteiger partial charge in [0.15, 0.2) is 0 Å². The fraction of sp³-hybridized carbons (Fsp3) is 0.769. The van der Waals surface area contributed by atoms with Gasteiger partial charge in [0.2, 0.25) is 0 Å². The fourth-order valence-electron chi connectivity index (χ4n) is 3.09. The quantitative estimate of drug-likeness (QED) is 0.852. The lowest BCUT2D eigenvalue weighted by atomic mass is 9.80. The molecule has 2 fully saturated rings. The minimum atomic E-state index is -0.0741. The molecule has 2 N–H and O–H groups in total. The van der Waals surface area contributed by atoms with E-state index in [1.807, 2.05) is 24.0 Å². The first-order chi connectivity index (χ1) is 8.69. The first-order valence-electron chi connectivity index (χ1n) is 6.65. The molecule has 0 amide bonds. The highest BCUT2D eigenvalue weighted by atomic mass is 16.6. The van der Waals surface area contributed by atoms with Crippen LogP contribution >= 0.6 is 0 Å². The molecular weight excluding hydrogens is 230 g/mol. The lowest BCUT2D eigenvalue weighted by molar-refractivity contribution is -0.101. The van der Waals surface area contributed by atoms with Crippen molar-refractivity contribution in [2.45, 2.75) is 30.9 Å². The summed E-state index contributed by atoms with van der Waals surface area (Å²) in [4.78, 5) is 0. The summed E-state index contributed by atoms with van der Waals surface area (Å²) in [5.74, 6) is 0.440. The predicted octanol–water partition coefficient (Wildman–Crippen LogP) is 1.01. The number of hydrogen-bond acceptors (Lipinski definition) is 4. The standard InChI is InChI=1S/C13H21N3O2/c1-16-5-2-11(15-16)12(14)10-3-6-18-13(8-10)4-7-17-9-13/h2,5,10,12H,3-4,6-9,14H2,1H3. The zero-order chi connectivity index (χ0) is 12.6. The van der Waals surface area contributed by atoms with Crippen LogP contribution in [-0.2, 0) is 16.5 Å². The average Bonchev–Trinajstić information content (AvgIpc) is 2.98. The van der Waals surface area contributed by atoms with Crippen molar-refractivity contribution in [3.8, 4) is 0 Å². The summed E-state index contributed by atoms with van der Waals surface area (Å²) in [6.45, 7) is 2.32. The van der Waals surface area contributed by atoms with Crippen molar-refractivity contribution in [1.82, 2.24) is 9.78 Å². The Morgan fingerprint density at radius 1 is 1.56 bits per heavy atom. The third kappa shape index (κ3) is 2.18. The first kappa shape index (κ1) is 12.1. The number of nitrogens with two attached hydrogens (primary N) is 1. The molecule has 2 aliphatic heterocycles. The van der Waals surface area contributed by atoms with E-state index in [0.29, 0.717) is 5.92 Å². The Morgan fingerprint density at radius 2 is 2.44 bits per heavy atom. The van der Waals surface area contributed by atoms with Gasteiger partial charge in [-0.1, -0.05) is 0 Å². The van der Waals surface area contributed by atoms with Gasteiger partial charge in [0.25, 0.3) is 0 Å². The van der Waals surface area contributed by atoms with Crippen molar-refractivity contribution < 1.29 is 9.47 Å². The van der Waals surface area contributed by atoms with Gasteiger partial charge in [-0.15, -0.1) is 0 Å². The van der Waals surface area contributed by atoms with Gasteiger partial charge in [0.05, 0.1) is 23.9 Å². The topological polar surface area (TPSA) is 62.3 Å². The van der Waals surface area contributed by atoms with Crippen LogP contribution in [0.5, 0.6) is 0 Å². The summed E-state index contributed by atoms with van der Waals surface area (Å²) >= 11 is 0. The van der Waals surface area contributed by atoms with E-state index in [-0.39, 0.29) is 11.6 Å². The van der Waals surface area contributed by atoms with Gasteiger partial charge in [0, 0.05) is 32.9 Å². The van der Waals surface area contributed by atoms with E-state index in [0.717, 1.165) is 44.8 Å². The molecule has 2 aliphatic rings. The minimum absolute atomic E-state index is 0.00701. The molecule has 5 nitrogen and oxygen atoms in total. The highest BCUT2D eigenvalue weighted by molar-refractivity contribution is 5.08. The van der Waals surface area contributed by atoms with E-state index in [1.165, 1.54) is 0 Å². The SMILES string of the molecule is Cn1ccc(C(N)C2CCOC3(CCOC3)C2)n1. The molecule has 5 heteroatoms. The van der Waals surface area contributed by atoms with Crippen LogP contribution in [-0.4, -0.2) is 35.2 Å². The molecule has 0 aromatic carbocycles. The summed E-state index contributed by atoms with van der Waals surface area (Å²) in [5, 5.41) is 4.42. The van der Waals surface area contributed by atoms with Crippen molar-refractivity contribution in [3.63, 3.8) is 0 Å². The molecule has 1 aromatic heterocycles. The summed E-state index contributed by atoms with van der Waals surface area (Å²) in [6.07, 6.45) is 4.95. The Hall–Kier alpha value is -0.910. The highest BCUT2D eigenvalue weighted by Gasteiger charge is 2.42. The number of aryl methyl sites for hydroxylation is 1. The smallest absolute Gasteiger partial charge is 0.0940 e. The molecule has 0 bridgehead atoms. The number of hydrogen-bond donors (Lipinski definition) is 1. The van der Waals surface area contributed by atoms with E-state index < -0.39 is 0 Å². The Balaban J connectivity index is 1.72. The van der Waals surface area contributed by atoms with E-state index in [9.17, 15) is 0 Å². The first-order valence-corrected chi connectivity index (χ1v) is 6.65. The Bertz CT molecular complexity index is 412. The van der Waals surface area contributed by atoms with Crippen molar-refractivity contribution in [2.24, 2.45) is 18.7 Å². The average molecular weight is 251 g/mol. The molecule has 3 heterocycles. The second-order valence-corrected chi connectivity index (χ2v) is 5.53. The molecule has 1 aromatic rings. The van der Waals surface area contributed by atoms with Gasteiger partial charge < -0.3 is 15.2 Å². The number of nitrogens with zero attached hydrogens (tertiary/aromatic N) is 2. The van der Waals surface area contributed by atoms with Crippen LogP contribution in [0.3, 0.4) is 0 Å². The van der Waals surface area contributed by atoms with E-state index in [2.05, 4.69) is 5.10 Å². The normalized spacial score (nSPS) is 34.0. The third-order valence-corrected chi connectivity index (χ3v) is 4.18. The Kier molecular flexibility index (Phi) is 3.13. The molecule has 100 valence electrons. The maximum Gasteiger partial charge on any atom is 0.0940 e. The van der Waals surface area contributed by atoms with E-state index in [4.69, 9.17) is 15.2 Å². The molecule has 18 heavy (non-hydrogen) atoms. The van der Waals surface area contributed by atoms with Crippen molar-refractivity contribution in [3.05, 3.63) is 18.0 Å². The maximum absolute atomic E-state index is 6.36. The van der Waals surface area contributed by atoms with Crippen molar-refractivity contribution in [1.29, 1.82) is 0 Å². The molecule has 0 saturated carbocycles. The Labute approximate surface area is 107 Å². The van der Waals surface area contributed by atoms with E-state index >= 15 is 0 Å². The summed E-state index contributed by atoms with van der Waals surface area (Å²) in [6, 6.07) is 2.02. The number of aromatic nitrogens is 2. The molecule has 2 saturated heterocycles. The van der Waals surface area contributed by atoms with Crippen LogP contribution in [0.4, 0.5) is 0 Å². The number of ether oxygens (including phenoxy) is 2. The largest absolute Gasteiger partial charge is 0.378 e. The summed E-state index contributed by atoms with van der Waals surface area (Å²) < 4.78 is 13.2. The van der Waals surface area contributed by atoms with Crippen molar-refractivity contribution >= 4 is 0 Å². The highest BCUT2D eigenvalue weighted by Crippen LogP contribution is 2.39. The minimum Gasteiger partial charge on any atom is -0.378 e. The van der Waals surface area contributed by atoms with Crippen LogP contribution in [0.2, 0.25) is 0 Å². The van der Waals surface area contributed by atoms with Gasteiger partial charge in [-0.2, -0.15) is 5.10 Å². The van der Waals surface area contributed by atoms with Crippen LogP contribution in [0.25, 0.3) is 0 Å². The lowest BCUT2D eigenvalue weighted by Crippen LogP contribution is -2.43. The monoisotopic (exact) mass is 251 g/mol. The van der Waals surface area contributed by atoms with Crippen LogP contribution in [0.1, 0.15) is 31.0 Å². The molecule has 0 radical (unpaired) electrons. The van der Waals surface area contributed by atoms with Crippen LogP contribution in [0, 0.1) is 5.92 Å². The molecule has 3 atom stereocenters. The van der Waals surface area contributed by atoms with Gasteiger partial charge in [0.1, 0.15) is 0 Å². The zero-order valence-electron chi connectivity index (χ0n) is 10.8. The molecule has 1 spiro atoms. The second kappa shape index (κ2) is 4.64. The second-order valence-electron chi connectivity index (χ2n) is 5.53. The predicted molar refractivity (Wildman–Crippen MR) is 67.0 cm³/mol. The molecule has 0 aliphatic carbocycles. The van der Waals surface area contributed by atoms with E-state index in [1.54, 1.807) is 0 Å².